The lowest BCUT2D eigenvalue weighted by Gasteiger charge is -2.05. The standard InChI is InChI=1S/C7H13O2/c1-4-6(3)7(8)9-5-2/h6H,3-5H2,1-2H3. The van der Waals surface area contributed by atoms with Gasteiger partial charge in [0.1, 0.15) is 0 Å². The first-order valence-electron chi connectivity index (χ1n) is 3.22. The Bertz CT molecular complexity index is 88.9. The molecule has 0 aromatic heterocycles. The second-order valence-electron chi connectivity index (χ2n) is 1.86. The van der Waals surface area contributed by atoms with Crippen molar-refractivity contribution in [2.45, 2.75) is 20.3 Å². The molecule has 0 spiro atoms. The van der Waals surface area contributed by atoms with Gasteiger partial charge in [0.15, 0.2) is 0 Å². The minimum absolute atomic E-state index is 0.190. The van der Waals surface area contributed by atoms with Crippen molar-refractivity contribution in [2.75, 3.05) is 6.61 Å². The second-order valence-corrected chi connectivity index (χ2v) is 1.86. The highest BCUT2D eigenvalue weighted by molar-refractivity contribution is 5.72. The first-order valence-corrected chi connectivity index (χ1v) is 3.22. The van der Waals surface area contributed by atoms with Gasteiger partial charge < -0.3 is 4.74 Å². The molecule has 0 amide bonds. The van der Waals surface area contributed by atoms with E-state index < -0.39 is 0 Å². The predicted molar refractivity (Wildman–Crippen MR) is 35.8 cm³/mol. The highest BCUT2D eigenvalue weighted by Gasteiger charge is 2.09. The van der Waals surface area contributed by atoms with Crippen molar-refractivity contribution in [3.63, 3.8) is 0 Å². The first-order chi connectivity index (χ1) is 4.22. The van der Waals surface area contributed by atoms with E-state index in [1.54, 1.807) is 6.92 Å². The first kappa shape index (κ1) is 8.47. The minimum atomic E-state index is -0.194. The van der Waals surface area contributed by atoms with Crippen molar-refractivity contribution in [2.24, 2.45) is 5.92 Å². The molecule has 1 atom stereocenters. The molecule has 1 radical (unpaired) electrons. The summed E-state index contributed by atoms with van der Waals surface area (Å²) in [7, 11) is 0. The lowest BCUT2D eigenvalue weighted by molar-refractivity contribution is -0.146. The van der Waals surface area contributed by atoms with Gasteiger partial charge in [-0.3, -0.25) is 4.79 Å². The molecule has 0 aliphatic carbocycles. The molecular formula is C7H13O2. The van der Waals surface area contributed by atoms with Gasteiger partial charge in [-0.2, -0.15) is 0 Å². The smallest absolute Gasteiger partial charge is 0.308 e. The SMILES string of the molecule is [CH2]C(CC)C(=O)OCC. The Balaban J connectivity index is 3.46. The fourth-order valence-corrected chi connectivity index (χ4v) is 0.427. The summed E-state index contributed by atoms with van der Waals surface area (Å²) >= 11 is 0. The van der Waals surface area contributed by atoms with Gasteiger partial charge in [-0.25, -0.2) is 0 Å². The highest BCUT2D eigenvalue weighted by Crippen LogP contribution is 2.01. The quantitative estimate of drug-likeness (QED) is 0.538. The van der Waals surface area contributed by atoms with Crippen LogP contribution in [0.2, 0.25) is 0 Å². The maximum absolute atomic E-state index is 10.7. The van der Waals surface area contributed by atoms with Crippen LogP contribution < -0.4 is 0 Å². The van der Waals surface area contributed by atoms with Crippen molar-refractivity contribution < 1.29 is 9.53 Å². The summed E-state index contributed by atoms with van der Waals surface area (Å²) in [5.41, 5.74) is 0. The summed E-state index contributed by atoms with van der Waals surface area (Å²) in [6.07, 6.45) is 0.749. The molecule has 0 rings (SSSR count). The van der Waals surface area contributed by atoms with E-state index in [0.717, 1.165) is 6.42 Å². The summed E-state index contributed by atoms with van der Waals surface area (Å²) in [6.45, 7) is 7.75. The molecule has 0 aromatic rings. The van der Waals surface area contributed by atoms with Gasteiger partial charge in [0.2, 0.25) is 0 Å². The number of esters is 1. The van der Waals surface area contributed by atoms with Gasteiger partial charge in [-0.05, 0) is 20.3 Å². The van der Waals surface area contributed by atoms with Crippen molar-refractivity contribution in [1.82, 2.24) is 0 Å². The maximum atomic E-state index is 10.7. The van der Waals surface area contributed by atoms with Crippen LogP contribution in [0.3, 0.4) is 0 Å². The molecule has 9 heavy (non-hydrogen) atoms. The molecule has 0 saturated carbocycles. The van der Waals surface area contributed by atoms with E-state index in [0.29, 0.717) is 6.61 Å². The number of carbonyl (C=O) groups excluding carboxylic acids is 1. The monoisotopic (exact) mass is 129 g/mol. The van der Waals surface area contributed by atoms with Gasteiger partial charge in [-0.15, -0.1) is 0 Å². The van der Waals surface area contributed by atoms with E-state index in [1.807, 2.05) is 6.92 Å². The molecule has 53 valence electrons. The van der Waals surface area contributed by atoms with Crippen LogP contribution in [0.5, 0.6) is 0 Å². The molecule has 1 unspecified atom stereocenters. The lowest BCUT2D eigenvalue weighted by atomic mass is 10.1. The van der Waals surface area contributed by atoms with Crippen LogP contribution in [-0.4, -0.2) is 12.6 Å². The average Bonchev–Trinajstić information content (AvgIpc) is 1.87. The molecule has 0 N–H and O–H groups in total. The highest BCUT2D eigenvalue weighted by atomic mass is 16.5. The maximum Gasteiger partial charge on any atom is 0.308 e. The van der Waals surface area contributed by atoms with E-state index in [4.69, 9.17) is 4.74 Å². The van der Waals surface area contributed by atoms with Crippen LogP contribution in [-0.2, 0) is 9.53 Å². The van der Waals surface area contributed by atoms with Gasteiger partial charge in [0.25, 0.3) is 0 Å². The van der Waals surface area contributed by atoms with Gasteiger partial charge in [-0.1, -0.05) is 6.92 Å². The zero-order chi connectivity index (χ0) is 7.28. The third-order valence-corrected chi connectivity index (χ3v) is 1.11. The van der Waals surface area contributed by atoms with Crippen LogP contribution in [0, 0.1) is 12.8 Å². The average molecular weight is 129 g/mol. The Morgan fingerprint density at radius 2 is 2.22 bits per heavy atom. The number of rotatable bonds is 3. The van der Waals surface area contributed by atoms with E-state index in [9.17, 15) is 4.79 Å². The Morgan fingerprint density at radius 3 is 2.56 bits per heavy atom. The summed E-state index contributed by atoms with van der Waals surface area (Å²) in [6, 6.07) is 0. The minimum Gasteiger partial charge on any atom is -0.466 e. The van der Waals surface area contributed by atoms with Gasteiger partial charge in [0.05, 0.1) is 12.5 Å². The van der Waals surface area contributed by atoms with Crippen LogP contribution in [0.15, 0.2) is 0 Å². The third-order valence-electron chi connectivity index (χ3n) is 1.11. The molecule has 0 aliphatic heterocycles. The Labute approximate surface area is 56.2 Å². The molecular weight excluding hydrogens is 116 g/mol. The van der Waals surface area contributed by atoms with Crippen molar-refractivity contribution in [1.29, 1.82) is 0 Å². The molecule has 0 bridgehead atoms. The number of ether oxygens (including phenoxy) is 1. The normalized spacial score (nSPS) is 12.8. The number of carbonyl (C=O) groups is 1. The van der Waals surface area contributed by atoms with Crippen LogP contribution in [0.1, 0.15) is 20.3 Å². The predicted octanol–water partition coefficient (Wildman–Crippen LogP) is 1.41. The van der Waals surface area contributed by atoms with E-state index in [1.165, 1.54) is 0 Å². The summed E-state index contributed by atoms with van der Waals surface area (Å²) in [5, 5.41) is 0. The van der Waals surface area contributed by atoms with Gasteiger partial charge in [0, 0.05) is 0 Å². The zero-order valence-corrected chi connectivity index (χ0v) is 6.02. The third kappa shape index (κ3) is 3.12. The van der Waals surface area contributed by atoms with Gasteiger partial charge >= 0.3 is 5.97 Å². The van der Waals surface area contributed by atoms with Crippen LogP contribution in [0.25, 0.3) is 0 Å². The summed E-state index contributed by atoms with van der Waals surface area (Å²) in [5.74, 6) is -0.384. The fourth-order valence-electron chi connectivity index (χ4n) is 0.427. The zero-order valence-electron chi connectivity index (χ0n) is 6.02. The Hall–Kier alpha value is -0.530. The van der Waals surface area contributed by atoms with Crippen LogP contribution in [0.4, 0.5) is 0 Å². The molecule has 0 aliphatic rings. The summed E-state index contributed by atoms with van der Waals surface area (Å²) in [4.78, 5) is 10.7. The van der Waals surface area contributed by atoms with E-state index in [2.05, 4.69) is 6.92 Å². The molecule has 2 heteroatoms. The van der Waals surface area contributed by atoms with E-state index >= 15 is 0 Å². The number of hydrogen-bond acceptors (Lipinski definition) is 2. The van der Waals surface area contributed by atoms with E-state index in [-0.39, 0.29) is 11.9 Å². The fraction of sp³-hybridized carbons (Fsp3) is 0.714. The molecule has 0 saturated heterocycles. The van der Waals surface area contributed by atoms with Crippen molar-refractivity contribution in [3.8, 4) is 0 Å². The number of hydrogen-bond donors (Lipinski definition) is 0. The molecule has 2 nitrogen and oxygen atoms in total. The van der Waals surface area contributed by atoms with Crippen molar-refractivity contribution in [3.05, 3.63) is 6.92 Å². The second kappa shape index (κ2) is 4.36. The van der Waals surface area contributed by atoms with Crippen molar-refractivity contribution >= 4 is 5.97 Å². The van der Waals surface area contributed by atoms with Crippen LogP contribution >= 0.6 is 0 Å². The topological polar surface area (TPSA) is 26.3 Å². The molecule has 0 heterocycles. The summed E-state index contributed by atoms with van der Waals surface area (Å²) < 4.78 is 4.69. The Kier molecular flexibility index (Phi) is 4.10. The molecule has 0 fully saturated rings. The largest absolute Gasteiger partial charge is 0.466 e. The lowest BCUT2D eigenvalue weighted by Crippen LogP contribution is -2.13. The Morgan fingerprint density at radius 1 is 1.67 bits per heavy atom. The molecule has 0 aromatic carbocycles.